The fraction of sp³-hybridized carbons (Fsp3) is 0.353. The van der Waals surface area contributed by atoms with Crippen molar-refractivity contribution in [1.82, 2.24) is 14.9 Å². The van der Waals surface area contributed by atoms with Crippen LogP contribution in [0.3, 0.4) is 0 Å². The number of rotatable bonds is 8. The van der Waals surface area contributed by atoms with E-state index in [0.717, 1.165) is 6.20 Å². The van der Waals surface area contributed by atoms with Crippen LogP contribution in [0.25, 0.3) is 0 Å². The normalized spacial score (nSPS) is 11.0. The zero-order chi connectivity index (χ0) is 19.1. The van der Waals surface area contributed by atoms with Crippen molar-refractivity contribution in [3.8, 4) is 0 Å². The van der Waals surface area contributed by atoms with Gasteiger partial charge in [-0.15, -0.1) is 11.8 Å². The van der Waals surface area contributed by atoms with Gasteiger partial charge in [0.25, 0.3) is 0 Å². The summed E-state index contributed by atoms with van der Waals surface area (Å²) in [6.45, 7) is 0.589. The van der Waals surface area contributed by atoms with Crippen molar-refractivity contribution in [2.24, 2.45) is 0 Å². The lowest BCUT2D eigenvalue weighted by Gasteiger charge is -2.11. The smallest absolute Gasteiger partial charge is 0.339 e. The van der Waals surface area contributed by atoms with Crippen molar-refractivity contribution in [3.63, 3.8) is 0 Å². The van der Waals surface area contributed by atoms with E-state index >= 15 is 0 Å². The molecule has 0 fully saturated rings. The van der Waals surface area contributed by atoms with E-state index in [9.17, 15) is 18.4 Å². The largest absolute Gasteiger partial charge is 0.454 e. The fourth-order valence-corrected chi connectivity index (χ4v) is 2.96. The summed E-state index contributed by atoms with van der Waals surface area (Å²) < 4.78 is 31.3. The number of hydrogen-bond acceptors (Lipinski definition) is 5. The third-order valence-electron chi connectivity index (χ3n) is 3.21. The molecule has 0 radical (unpaired) electrons. The molecule has 0 saturated heterocycles. The molecule has 0 bridgehead atoms. The molecule has 0 unspecified atom stereocenters. The number of imidazole rings is 1. The Labute approximate surface area is 153 Å². The number of carbonyl (C=O) groups excluding carboxylic acids is 2. The zero-order valence-electron chi connectivity index (χ0n) is 14.3. The number of alkyl halides is 2. The monoisotopic (exact) mass is 383 g/mol. The van der Waals surface area contributed by atoms with Crippen molar-refractivity contribution in [1.29, 1.82) is 0 Å². The van der Waals surface area contributed by atoms with Gasteiger partial charge in [0.05, 0.1) is 11.3 Å². The number of amides is 1. The van der Waals surface area contributed by atoms with Crippen LogP contribution in [0.2, 0.25) is 0 Å². The van der Waals surface area contributed by atoms with E-state index in [0.29, 0.717) is 9.46 Å². The van der Waals surface area contributed by atoms with Gasteiger partial charge < -0.3 is 10.1 Å². The fourth-order valence-electron chi connectivity index (χ4n) is 2.11. The lowest BCUT2D eigenvalue weighted by Crippen LogP contribution is -2.31. The Kier molecular flexibility index (Phi) is 7.14. The molecule has 0 aliphatic carbocycles. The maximum Gasteiger partial charge on any atom is 0.339 e. The summed E-state index contributed by atoms with van der Waals surface area (Å²) in [6, 6.07) is 6.69. The van der Waals surface area contributed by atoms with Crippen molar-refractivity contribution in [2.45, 2.75) is 37.9 Å². The SMILES string of the molecule is CC(C)NC(=O)CSc1ccccc1C(=O)OCc1nccn1C(F)F. The van der Waals surface area contributed by atoms with Crippen LogP contribution >= 0.6 is 11.8 Å². The molecule has 26 heavy (non-hydrogen) atoms. The van der Waals surface area contributed by atoms with E-state index in [1.54, 1.807) is 24.3 Å². The Balaban J connectivity index is 2.00. The third-order valence-corrected chi connectivity index (χ3v) is 4.28. The molecule has 6 nitrogen and oxygen atoms in total. The molecule has 1 N–H and O–H groups in total. The van der Waals surface area contributed by atoms with E-state index in [1.807, 2.05) is 13.8 Å². The number of aromatic nitrogens is 2. The first-order valence-corrected chi connectivity index (χ1v) is 8.85. The summed E-state index contributed by atoms with van der Waals surface area (Å²) in [5, 5.41) is 2.76. The van der Waals surface area contributed by atoms with Gasteiger partial charge in [-0.2, -0.15) is 8.78 Å². The van der Waals surface area contributed by atoms with Crippen molar-refractivity contribution < 1.29 is 23.1 Å². The maximum atomic E-state index is 12.8. The number of halogens is 2. The Morgan fingerprint density at radius 2 is 2.04 bits per heavy atom. The van der Waals surface area contributed by atoms with Gasteiger partial charge in [0, 0.05) is 23.3 Å². The maximum absolute atomic E-state index is 12.8. The van der Waals surface area contributed by atoms with E-state index < -0.39 is 12.5 Å². The quantitative estimate of drug-likeness (QED) is 0.560. The molecule has 140 valence electrons. The highest BCUT2D eigenvalue weighted by Crippen LogP contribution is 2.23. The average Bonchev–Trinajstić information content (AvgIpc) is 3.06. The summed E-state index contributed by atoms with van der Waals surface area (Å²) in [5.41, 5.74) is 0.269. The predicted octanol–water partition coefficient (Wildman–Crippen LogP) is 3.25. The average molecular weight is 383 g/mol. The highest BCUT2D eigenvalue weighted by atomic mass is 32.2. The highest BCUT2D eigenvalue weighted by molar-refractivity contribution is 8.00. The van der Waals surface area contributed by atoms with Gasteiger partial charge in [-0.25, -0.2) is 9.78 Å². The first-order chi connectivity index (χ1) is 12.4. The molecule has 2 aromatic rings. The number of nitrogens with zero attached hydrogens (tertiary/aromatic N) is 2. The van der Waals surface area contributed by atoms with E-state index in [1.165, 1.54) is 18.0 Å². The summed E-state index contributed by atoms with van der Waals surface area (Å²) in [5.74, 6) is -0.707. The van der Waals surface area contributed by atoms with Gasteiger partial charge >= 0.3 is 12.5 Å². The minimum atomic E-state index is -2.76. The Morgan fingerprint density at radius 3 is 2.73 bits per heavy atom. The molecule has 1 amide bonds. The van der Waals surface area contributed by atoms with E-state index in [-0.39, 0.29) is 35.7 Å². The summed E-state index contributed by atoms with van der Waals surface area (Å²) in [7, 11) is 0. The van der Waals surface area contributed by atoms with Crippen LogP contribution in [-0.4, -0.2) is 33.2 Å². The number of hydrogen-bond donors (Lipinski definition) is 1. The topological polar surface area (TPSA) is 73.2 Å². The van der Waals surface area contributed by atoms with Crippen LogP contribution in [0, 0.1) is 0 Å². The second kappa shape index (κ2) is 9.33. The Bertz CT molecular complexity index is 765. The van der Waals surface area contributed by atoms with Crippen LogP contribution in [0.1, 0.15) is 36.6 Å². The van der Waals surface area contributed by atoms with Crippen molar-refractivity contribution >= 4 is 23.6 Å². The molecule has 0 aliphatic rings. The third kappa shape index (κ3) is 5.55. The van der Waals surface area contributed by atoms with Crippen LogP contribution in [-0.2, 0) is 16.1 Å². The molecule has 0 saturated carbocycles. The van der Waals surface area contributed by atoms with Gasteiger partial charge in [0.1, 0.15) is 6.61 Å². The molecule has 2 rings (SSSR count). The van der Waals surface area contributed by atoms with Gasteiger partial charge in [-0.1, -0.05) is 12.1 Å². The van der Waals surface area contributed by atoms with Crippen LogP contribution in [0.15, 0.2) is 41.6 Å². The second-order valence-corrected chi connectivity index (χ2v) is 6.63. The molecular formula is C17H19F2N3O3S. The minimum Gasteiger partial charge on any atom is -0.454 e. The number of benzene rings is 1. The van der Waals surface area contributed by atoms with E-state index in [4.69, 9.17) is 4.74 Å². The Hall–Kier alpha value is -2.42. The zero-order valence-corrected chi connectivity index (χ0v) is 15.1. The molecule has 0 atom stereocenters. The minimum absolute atomic E-state index is 0.0295. The summed E-state index contributed by atoms with van der Waals surface area (Å²) >= 11 is 1.20. The number of ether oxygens (including phenoxy) is 1. The van der Waals surface area contributed by atoms with Gasteiger partial charge in [-0.3, -0.25) is 9.36 Å². The molecule has 9 heteroatoms. The lowest BCUT2D eigenvalue weighted by molar-refractivity contribution is -0.119. The molecular weight excluding hydrogens is 364 g/mol. The Morgan fingerprint density at radius 1 is 1.31 bits per heavy atom. The van der Waals surface area contributed by atoms with Crippen molar-refractivity contribution in [2.75, 3.05) is 5.75 Å². The number of nitrogens with one attached hydrogen (secondary N) is 1. The van der Waals surface area contributed by atoms with Gasteiger partial charge in [0.2, 0.25) is 5.91 Å². The van der Waals surface area contributed by atoms with Crippen LogP contribution in [0.5, 0.6) is 0 Å². The number of thioether (sulfide) groups is 1. The second-order valence-electron chi connectivity index (χ2n) is 5.61. The summed E-state index contributed by atoms with van der Waals surface area (Å²) in [6.07, 6.45) is 2.33. The lowest BCUT2D eigenvalue weighted by atomic mass is 10.2. The van der Waals surface area contributed by atoms with Crippen LogP contribution in [0.4, 0.5) is 8.78 Å². The molecule has 1 heterocycles. The number of esters is 1. The molecule has 1 aromatic carbocycles. The number of carbonyl (C=O) groups is 2. The van der Waals surface area contributed by atoms with Crippen molar-refractivity contribution in [3.05, 3.63) is 48.0 Å². The first kappa shape index (κ1) is 19.9. The molecule has 0 spiro atoms. The van der Waals surface area contributed by atoms with E-state index in [2.05, 4.69) is 10.3 Å². The van der Waals surface area contributed by atoms with Crippen LogP contribution < -0.4 is 5.32 Å². The molecule has 1 aromatic heterocycles. The highest BCUT2D eigenvalue weighted by Gasteiger charge is 2.17. The standard InChI is InChI=1S/C17H19F2N3O3S/c1-11(2)21-15(23)10-26-13-6-4-3-5-12(13)16(24)25-9-14-20-7-8-22(14)17(18)19/h3-8,11,17H,9-10H2,1-2H3,(H,21,23). The van der Waals surface area contributed by atoms with Gasteiger partial charge in [0.15, 0.2) is 5.82 Å². The molecule has 0 aliphatic heterocycles. The first-order valence-electron chi connectivity index (χ1n) is 7.86. The predicted molar refractivity (Wildman–Crippen MR) is 93.0 cm³/mol. The van der Waals surface area contributed by atoms with Gasteiger partial charge in [-0.05, 0) is 26.0 Å². The summed E-state index contributed by atoms with van der Waals surface area (Å²) in [4.78, 5) is 28.4.